The molecule has 0 bridgehead atoms. The van der Waals surface area contributed by atoms with Crippen LogP contribution in [-0.2, 0) is 0 Å². The van der Waals surface area contributed by atoms with E-state index < -0.39 is 0 Å². The molecular formula is C29H48O. The van der Waals surface area contributed by atoms with Gasteiger partial charge in [-0.3, -0.25) is 0 Å². The van der Waals surface area contributed by atoms with Crippen molar-refractivity contribution in [2.45, 2.75) is 105 Å². The Morgan fingerprint density at radius 1 is 1.03 bits per heavy atom. The van der Waals surface area contributed by atoms with E-state index in [0.29, 0.717) is 23.4 Å². The minimum Gasteiger partial charge on any atom is -0.396 e. The molecule has 4 aliphatic rings. The van der Waals surface area contributed by atoms with Crippen LogP contribution in [-0.4, -0.2) is 11.7 Å². The number of aliphatic hydroxyl groups is 1. The molecule has 0 aromatic carbocycles. The molecule has 0 aliphatic heterocycles. The van der Waals surface area contributed by atoms with Gasteiger partial charge in [0.05, 0.1) is 0 Å². The van der Waals surface area contributed by atoms with Gasteiger partial charge in [0.2, 0.25) is 0 Å². The smallest absolute Gasteiger partial charge is 0.0436 e. The van der Waals surface area contributed by atoms with E-state index in [1.54, 1.807) is 0 Å². The molecule has 3 fully saturated rings. The lowest BCUT2D eigenvalue weighted by Crippen LogP contribution is -2.48. The van der Waals surface area contributed by atoms with Crippen LogP contribution in [0.5, 0.6) is 0 Å². The Morgan fingerprint density at radius 2 is 1.80 bits per heavy atom. The molecule has 3 saturated carbocycles. The van der Waals surface area contributed by atoms with Gasteiger partial charge in [-0.1, -0.05) is 57.4 Å². The first-order valence-electron chi connectivity index (χ1n) is 13.3. The van der Waals surface area contributed by atoms with E-state index in [2.05, 4.69) is 40.3 Å². The zero-order valence-electron chi connectivity index (χ0n) is 20.4. The van der Waals surface area contributed by atoms with Crippen LogP contribution >= 0.6 is 0 Å². The summed E-state index contributed by atoms with van der Waals surface area (Å²) in [4.78, 5) is 0. The highest BCUT2D eigenvalue weighted by atomic mass is 16.3. The third kappa shape index (κ3) is 3.76. The van der Waals surface area contributed by atoms with Gasteiger partial charge in [0.1, 0.15) is 0 Å². The van der Waals surface area contributed by atoms with Gasteiger partial charge in [-0.2, -0.15) is 0 Å². The summed E-state index contributed by atoms with van der Waals surface area (Å²) in [5, 5.41) is 9.42. The van der Waals surface area contributed by atoms with Gasteiger partial charge in [-0.05, 0) is 117 Å². The van der Waals surface area contributed by atoms with Crippen molar-refractivity contribution in [2.75, 3.05) is 6.61 Å². The van der Waals surface area contributed by atoms with E-state index in [1.165, 1.54) is 76.2 Å². The van der Waals surface area contributed by atoms with Crippen LogP contribution in [0.1, 0.15) is 105 Å². The first-order chi connectivity index (χ1) is 14.3. The zero-order chi connectivity index (χ0) is 21.5. The van der Waals surface area contributed by atoms with Crippen LogP contribution in [0, 0.1) is 46.3 Å². The van der Waals surface area contributed by atoms with Crippen molar-refractivity contribution in [1.82, 2.24) is 0 Å². The number of hydrogen-bond donors (Lipinski definition) is 1. The number of allylic oxidation sites excluding steroid dienone is 3. The van der Waals surface area contributed by atoms with Gasteiger partial charge < -0.3 is 5.11 Å². The van der Waals surface area contributed by atoms with Crippen molar-refractivity contribution < 1.29 is 5.11 Å². The number of rotatable bonds is 7. The molecule has 4 aliphatic carbocycles. The Balaban J connectivity index is 1.47. The van der Waals surface area contributed by atoms with Gasteiger partial charge in [-0.15, -0.1) is 0 Å². The van der Waals surface area contributed by atoms with E-state index in [1.807, 2.05) is 5.57 Å². The predicted molar refractivity (Wildman–Crippen MR) is 128 cm³/mol. The number of fused-ring (bicyclic) bond motifs is 5. The lowest BCUT2D eigenvalue weighted by Gasteiger charge is -2.57. The third-order valence-corrected chi connectivity index (χ3v) is 10.9. The molecule has 0 heterocycles. The van der Waals surface area contributed by atoms with Crippen molar-refractivity contribution in [2.24, 2.45) is 46.3 Å². The Morgan fingerprint density at radius 3 is 2.53 bits per heavy atom. The largest absolute Gasteiger partial charge is 0.396 e. The number of hydrogen-bond acceptors (Lipinski definition) is 1. The summed E-state index contributed by atoms with van der Waals surface area (Å²) in [6.07, 6.45) is 19.2. The molecule has 0 spiro atoms. The van der Waals surface area contributed by atoms with Crippen LogP contribution in [0.4, 0.5) is 0 Å². The molecule has 0 saturated heterocycles. The molecule has 4 rings (SSSR count). The molecule has 0 aromatic heterocycles. The predicted octanol–water partition coefficient (Wildman–Crippen LogP) is 7.95. The summed E-state index contributed by atoms with van der Waals surface area (Å²) >= 11 is 0. The van der Waals surface area contributed by atoms with E-state index in [9.17, 15) is 5.11 Å². The topological polar surface area (TPSA) is 20.2 Å². The second kappa shape index (κ2) is 8.76. The van der Waals surface area contributed by atoms with Crippen LogP contribution in [0.2, 0.25) is 0 Å². The van der Waals surface area contributed by atoms with Gasteiger partial charge in [0, 0.05) is 6.61 Å². The molecular weight excluding hydrogens is 364 g/mol. The fourth-order valence-electron chi connectivity index (χ4n) is 8.98. The standard InChI is InChI=1S/C29H48O/c1-20(2)22(16-19-30)10-9-21(3)25-13-14-26-24-12-11-23-8-6-7-17-28(23,4)27(24)15-18-29(25,26)5/h12,21-23,25-27,30H,1,6-11,13-19H2,2-5H3/t21-,22+,23?,25-,26+,27+,28+,29-/m1/s1. The normalized spacial score (nSPS) is 42.5. The highest BCUT2D eigenvalue weighted by Crippen LogP contribution is 2.67. The molecule has 1 nitrogen and oxygen atoms in total. The van der Waals surface area contributed by atoms with Crippen LogP contribution in [0.3, 0.4) is 0 Å². The maximum atomic E-state index is 9.42. The van der Waals surface area contributed by atoms with Crippen molar-refractivity contribution in [3.63, 3.8) is 0 Å². The van der Waals surface area contributed by atoms with E-state index in [4.69, 9.17) is 0 Å². The molecule has 30 heavy (non-hydrogen) atoms. The SMILES string of the molecule is C=C(C)[C@H](CCO)CC[C@@H](C)[C@H]1CC[C@H]2C3=CCC4CCCC[C@]4(C)[C@H]3CC[C@]12C. The van der Waals surface area contributed by atoms with Crippen LogP contribution < -0.4 is 0 Å². The Kier molecular flexibility index (Phi) is 6.61. The summed E-state index contributed by atoms with van der Waals surface area (Å²) in [6, 6.07) is 0. The maximum absolute atomic E-state index is 9.42. The van der Waals surface area contributed by atoms with Gasteiger partial charge in [-0.25, -0.2) is 0 Å². The molecule has 1 unspecified atom stereocenters. The van der Waals surface area contributed by atoms with Crippen molar-refractivity contribution in [3.05, 3.63) is 23.8 Å². The second-order valence-corrected chi connectivity index (χ2v) is 12.3. The average Bonchev–Trinajstić information content (AvgIpc) is 3.07. The average molecular weight is 413 g/mol. The van der Waals surface area contributed by atoms with Gasteiger partial charge in [0.25, 0.3) is 0 Å². The van der Waals surface area contributed by atoms with Crippen molar-refractivity contribution in [3.8, 4) is 0 Å². The van der Waals surface area contributed by atoms with E-state index in [-0.39, 0.29) is 0 Å². The van der Waals surface area contributed by atoms with E-state index in [0.717, 1.165) is 36.0 Å². The summed E-state index contributed by atoms with van der Waals surface area (Å²) in [6.45, 7) is 14.5. The summed E-state index contributed by atoms with van der Waals surface area (Å²) in [5.41, 5.74) is 4.30. The summed E-state index contributed by atoms with van der Waals surface area (Å²) in [5.74, 6) is 4.88. The van der Waals surface area contributed by atoms with Gasteiger partial charge in [0.15, 0.2) is 0 Å². The van der Waals surface area contributed by atoms with Crippen molar-refractivity contribution in [1.29, 1.82) is 0 Å². The molecule has 1 N–H and O–H groups in total. The number of aliphatic hydroxyl groups excluding tert-OH is 1. The minimum atomic E-state index is 0.296. The van der Waals surface area contributed by atoms with Gasteiger partial charge >= 0.3 is 0 Å². The third-order valence-electron chi connectivity index (χ3n) is 10.9. The molecule has 0 amide bonds. The quantitative estimate of drug-likeness (QED) is 0.421. The fourth-order valence-corrected chi connectivity index (χ4v) is 8.98. The highest BCUT2D eigenvalue weighted by Gasteiger charge is 2.57. The Hall–Kier alpha value is -0.560. The van der Waals surface area contributed by atoms with Crippen LogP contribution in [0.25, 0.3) is 0 Å². The summed E-state index contributed by atoms with van der Waals surface area (Å²) in [7, 11) is 0. The van der Waals surface area contributed by atoms with Crippen molar-refractivity contribution >= 4 is 0 Å². The summed E-state index contributed by atoms with van der Waals surface area (Å²) < 4.78 is 0. The lowest BCUT2D eigenvalue weighted by atomic mass is 9.48. The lowest BCUT2D eigenvalue weighted by molar-refractivity contribution is -0.00817. The molecule has 0 aromatic rings. The van der Waals surface area contributed by atoms with E-state index >= 15 is 0 Å². The first-order valence-corrected chi connectivity index (χ1v) is 13.3. The minimum absolute atomic E-state index is 0.296. The first kappa shape index (κ1) is 22.6. The fraction of sp³-hybridized carbons (Fsp3) is 0.862. The highest BCUT2D eigenvalue weighted by molar-refractivity contribution is 5.27. The van der Waals surface area contributed by atoms with Crippen LogP contribution in [0.15, 0.2) is 23.8 Å². The second-order valence-electron chi connectivity index (χ2n) is 12.3. The molecule has 1 heteroatoms. The zero-order valence-corrected chi connectivity index (χ0v) is 20.4. The molecule has 170 valence electrons. The Labute approximate surface area is 186 Å². The maximum Gasteiger partial charge on any atom is 0.0436 e. The Bertz CT molecular complexity index is 661. The molecule has 0 radical (unpaired) electrons. The molecule has 8 atom stereocenters. The monoisotopic (exact) mass is 412 g/mol.